The molecule has 0 fully saturated rings. The van der Waals surface area contributed by atoms with Gasteiger partial charge in [0.15, 0.2) is 0 Å². The van der Waals surface area contributed by atoms with Gasteiger partial charge in [-0.15, -0.1) is 0 Å². The summed E-state index contributed by atoms with van der Waals surface area (Å²) in [5.41, 5.74) is 6.53. The summed E-state index contributed by atoms with van der Waals surface area (Å²) in [5.74, 6) is 0.482. The van der Waals surface area contributed by atoms with Gasteiger partial charge in [0.1, 0.15) is 11.8 Å². The van der Waals surface area contributed by atoms with Crippen molar-refractivity contribution in [2.24, 2.45) is 5.73 Å². The first-order valence-electron chi connectivity index (χ1n) is 5.83. The smallest absolute Gasteiger partial charge is 0.237 e. The van der Waals surface area contributed by atoms with Crippen LogP contribution in [0.3, 0.4) is 0 Å². The average Bonchev–Trinajstić information content (AvgIpc) is 2.90. The van der Waals surface area contributed by atoms with E-state index in [4.69, 9.17) is 10.2 Å². The SMILES string of the molecule is CC(N)C(=O)NC(c1ccccc1)c1ccco1. The van der Waals surface area contributed by atoms with Crippen molar-refractivity contribution < 1.29 is 9.21 Å². The van der Waals surface area contributed by atoms with Gasteiger partial charge in [-0.2, -0.15) is 0 Å². The van der Waals surface area contributed by atoms with E-state index < -0.39 is 6.04 Å². The molecule has 1 heterocycles. The van der Waals surface area contributed by atoms with Gasteiger partial charge < -0.3 is 15.5 Å². The zero-order valence-electron chi connectivity index (χ0n) is 10.2. The van der Waals surface area contributed by atoms with E-state index >= 15 is 0 Å². The molecule has 0 spiro atoms. The van der Waals surface area contributed by atoms with Crippen LogP contribution in [0.4, 0.5) is 0 Å². The molecule has 1 aromatic carbocycles. The van der Waals surface area contributed by atoms with Crippen LogP contribution in [-0.4, -0.2) is 11.9 Å². The molecular formula is C14H16N2O2. The fourth-order valence-corrected chi connectivity index (χ4v) is 1.69. The molecule has 94 valence electrons. The number of rotatable bonds is 4. The van der Waals surface area contributed by atoms with Crippen LogP contribution >= 0.6 is 0 Å². The minimum absolute atomic E-state index is 0.208. The first-order chi connectivity index (χ1) is 8.68. The molecule has 0 radical (unpaired) electrons. The van der Waals surface area contributed by atoms with Crippen molar-refractivity contribution in [3.8, 4) is 0 Å². The van der Waals surface area contributed by atoms with Crippen molar-refractivity contribution in [2.75, 3.05) is 0 Å². The highest BCUT2D eigenvalue weighted by molar-refractivity contribution is 5.81. The highest BCUT2D eigenvalue weighted by Crippen LogP contribution is 2.22. The van der Waals surface area contributed by atoms with Crippen LogP contribution in [0.25, 0.3) is 0 Å². The lowest BCUT2D eigenvalue weighted by Gasteiger charge is -2.18. The Morgan fingerprint density at radius 2 is 1.94 bits per heavy atom. The fourth-order valence-electron chi connectivity index (χ4n) is 1.69. The quantitative estimate of drug-likeness (QED) is 0.862. The van der Waals surface area contributed by atoms with Crippen LogP contribution in [0.1, 0.15) is 24.3 Å². The molecule has 1 aromatic heterocycles. The molecule has 2 atom stereocenters. The van der Waals surface area contributed by atoms with E-state index in [1.54, 1.807) is 19.3 Å². The van der Waals surface area contributed by atoms with Crippen molar-refractivity contribution >= 4 is 5.91 Å². The lowest BCUT2D eigenvalue weighted by Crippen LogP contribution is -2.40. The topological polar surface area (TPSA) is 68.3 Å². The molecule has 0 aliphatic carbocycles. The highest BCUT2D eigenvalue weighted by Gasteiger charge is 2.20. The van der Waals surface area contributed by atoms with E-state index in [-0.39, 0.29) is 11.9 Å². The van der Waals surface area contributed by atoms with Crippen LogP contribution in [-0.2, 0) is 4.79 Å². The van der Waals surface area contributed by atoms with E-state index in [9.17, 15) is 4.79 Å². The van der Waals surface area contributed by atoms with Crippen molar-refractivity contribution in [3.05, 3.63) is 60.1 Å². The third kappa shape index (κ3) is 2.78. The lowest BCUT2D eigenvalue weighted by molar-refractivity contribution is -0.122. The van der Waals surface area contributed by atoms with E-state index in [2.05, 4.69) is 5.32 Å². The zero-order valence-corrected chi connectivity index (χ0v) is 10.2. The Balaban J connectivity index is 2.27. The minimum Gasteiger partial charge on any atom is -0.467 e. The maximum absolute atomic E-state index is 11.7. The number of furan rings is 1. The molecule has 0 saturated heterocycles. The second-order valence-corrected chi connectivity index (χ2v) is 4.16. The van der Waals surface area contributed by atoms with Crippen LogP contribution in [0, 0.1) is 0 Å². The van der Waals surface area contributed by atoms with Crippen LogP contribution in [0.15, 0.2) is 53.1 Å². The Kier molecular flexibility index (Phi) is 3.79. The van der Waals surface area contributed by atoms with Crippen molar-refractivity contribution in [2.45, 2.75) is 19.0 Å². The predicted molar refractivity (Wildman–Crippen MR) is 68.8 cm³/mol. The second-order valence-electron chi connectivity index (χ2n) is 4.16. The van der Waals surface area contributed by atoms with Crippen molar-refractivity contribution in [1.29, 1.82) is 0 Å². The molecule has 3 N–H and O–H groups in total. The minimum atomic E-state index is -0.550. The van der Waals surface area contributed by atoms with Gasteiger partial charge in [-0.25, -0.2) is 0 Å². The number of hydrogen-bond donors (Lipinski definition) is 2. The summed E-state index contributed by atoms with van der Waals surface area (Å²) in [6, 6.07) is 12.4. The van der Waals surface area contributed by atoms with Crippen molar-refractivity contribution in [3.63, 3.8) is 0 Å². The van der Waals surface area contributed by atoms with Gasteiger partial charge in [0.05, 0.1) is 12.3 Å². The molecule has 0 aliphatic heterocycles. The highest BCUT2D eigenvalue weighted by atomic mass is 16.3. The largest absolute Gasteiger partial charge is 0.467 e. The molecule has 4 nitrogen and oxygen atoms in total. The maximum atomic E-state index is 11.7. The number of benzene rings is 1. The molecule has 1 amide bonds. The lowest BCUT2D eigenvalue weighted by atomic mass is 10.0. The van der Waals surface area contributed by atoms with Crippen molar-refractivity contribution in [1.82, 2.24) is 5.32 Å². The normalized spacial score (nSPS) is 13.9. The van der Waals surface area contributed by atoms with Gasteiger partial charge in [0.25, 0.3) is 0 Å². The first-order valence-corrected chi connectivity index (χ1v) is 5.83. The molecule has 2 rings (SSSR count). The predicted octanol–water partition coefficient (Wildman–Crippen LogP) is 1.83. The number of nitrogens with one attached hydrogen (secondary N) is 1. The second kappa shape index (κ2) is 5.51. The summed E-state index contributed by atoms with van der Waals surface area (Å²) in [6.07, 6.45) is 1.59. The van der Waals surface area contributed by atoms with Gasteiger partial charge >= 0.3 is 0 Å². The summed E-state index contributed by atoms with van der Waals surface area (Å²) < 4.78 is 5.38. The molecule has 2 unspecified atom stereocenters. The Labute approximate surface area is 106 Å². The number of nitrogens with two attached hydrogens (primary N) is 1. The number of carbonyl (C=O) groups excluding carboxylic acids is 1. The van der Waals surface area contributed by atoms with E-state index in [0.29, 0.717) is 5.76 Å². The molecule has 2 aromatic rings. The van der Waals surface area contributed by atoms with E-state index in [0.717, 1.165) is 5.56 Å². The van der Waals surface area contributed by atoms with Crippen LogP contribution < -0.4 is 11.1 Å². The van der Waals surface area contributed by atoms with Gasteiger partial charge in [0, 0.05) is 0 Å². The third-order valence-corrected chi connectivity index (χ3v) is 2.66. The van der Waals surface area contributed by atoms with Gasteiger partial charge in [0.2, 0.25) is 5.91 Å². The van der Waals surface area contributed by atoms with E-state index in [1.165, 1.54) is 0 Å². The first kappa shape index (κ1) is 12.4. The Bertz CT molecular complexity index is 492. The standard InChI is InChI=1S/C14H16N2O2/c1-10(15)14(17)16-13(12-8-5-9-18-12)11-6-3-2-4-7-11/h2-10,13H,15H2,1H3,(H,16,17). The maximum Gasteiger partial charge on any atom is 0.237 e. The molecule has 18 heavy (non-hydrogen) atoms. The summed E-state index contributed by atoms with van der Waals surface area (Å²) in [7, 11) is 0. The Morgan fingerprint density at radius 1 is 1.22 bits per heavy atom. The van der Waals surface area contributed by atoms with E-state index in [1.807, 2.05) is 36.4 Å². The van der Waals surface area contributed by atoms with Crippen LogP contribution in [0.5, 0.6) is 0 Å². The molecule has 0 bridgehead atoms. The fraction of sp³-hybridized carbons (Fsp3) is 0.214. The number of amides is 1. The number of hydrogen-bond acceptors (Lipinski definition) is 3. The molecule has 0 saturated carbocycles. The summed E-state index contributed by atoms with van der Waals surface area (Å²) in [6.45, 7) is 1.65. The molecule has 4 heteroatoms. The average molecular weight is 244 g/mol. The number of carbonyl (C=O) groups is 1. The third-order valence-electron chi connectivity index (χ3n) is 2.66. The summed E-state index contributed by atoms with van der Waals surface area (Å²) in [5, 5.41) is 2.88. The molecular weight excluding hydrogens is 228 g/mol. The van der Waals surface area contributed by atoms with Gasteiger partial charge in [-0.3, -0.25) is 4.79 Å². The Morgan fingerprint density at radius 3 is 2.50 bits per heavy atom. The Hall–Kier alpha value is -2.07. The van der Waals surface area contributed by atoms with Gasteiger partial charge in [-0.05, 0) is 24.6 Å². The zero-order chi connectivity index (χ0) is 13.0. The summed E-state index contributed by atoms with van der Waals surface area (Å²) in [4.78, 5) is 11.7. The molecule has 0 aliphatic rings. The van der Waals surface area contributed by atoms with Gasteiger partial charge in [-0.1, -0.05) is 30.3 Å². The van der Waals surface area contributed by atoms with Crippen LogP contribution in [0.2, 0.25) is 0 Å². The summed E-state index contributed by atoms with van der Waals surface area (Å²) >= 11 is 0. The monoisotopic (exact) mass is 244 g/mol.